The van der Waals surface area contributed by atoms with Gasteiger partial charge >= 0.3 is 0 Å². The van der Waals surface area contributed by atoms with Crippen LogP contribution in [-0.2, 0) is 0 Å². The summed E-state index contributed by atoms with van der Waals surface area (Å²) in [5.41, 5.74) is -0.762. The molecule has 1 unspecified atom stereocenters. The average Bonchev–Trinajstić information content (AvgIpc) is 1.82. The number of thiocarbonyl (C=S) groups is 1. The third-order valence-corrected chi connectivity index (χ3v) is 2.38. The average molecular weight is 149 g/mol. The summed E-state index contributed by atoms with van der Waals surface area (Å²) in [6, 6.07) is 0. The van der Waals surface area contributed by atoms with Crippen molar-refractivity contribution >= 4 is 28.3 Å². The monoisotopic (exact) mass is 149 g/mol. The van der Waals surface area contributed by atoms with Crippen molar-refractivity contribution in [2.45, 2.75) is 12.6 Å². The fourth-order valence-corrected chi connectivity index (χ4v) is 1.67. The maximum Gasteiger partial charge on any atom is 0.143 e. The lowest BCUT2D eigenvalue weighted by Crippen LogP contribution is -2.39. The number of thioether (sulfide) groups is 1. The minimum atomic E-state index is -0.762. The molecule has 8 heavy (non-hydrogen) atoms. The summed E-state index contributed by atoms with van der Waals surface area (Å²) >= 11 is 6.23. The van der Waals surface area contributed by atoms with Crippen LogP contribution in [-0.4, -0.2) is 20.9 Å². The van der Waals surface area contributed by atoms with E-state index in [9.17, 15) is 0 Å². The van der Waals surface area contributed by atoms with Gasteiger partial charge in [-0.15, -0.1) is 0 Å². The first kappa shape index (κ1) is 6.32. The van der Waals surface area contributed by atoms with Crippen molar-refractivity contribution in [3.05, 3.63) is 0 Å². The van der Waals surface area contributed by atoms with E-state index < -0.39 is 5.72 Å². The smallest absolute Gasteiger partial charge is 0.143 e. The van der Waals surface area contributed by atoms with Crippen LogP contribution in [0.5, 0.6) is 0 Å². The Labute approximate surface area is 57.7 Å². The first-order valence-corrected chi connectivity index (χ1v) is 3.67. The van der Waals surface area contributed by atoms with E-state index in [-0.39, 0.29) is 0 Å². The Morgan fingerprint density at radius 3 is 2.75 bits per heavy atom. The quantitative estimate of drug-likeness (QED) is 0.486. The Morgan fingerprint density at radius 2 is 2.62 bits per heavy atom. The molecule has 0 aliphatic carbocycles. The van der Waals surface area contributed by atoms with E-state index in [0.29, 0.717) is 10.1 Å². The first-order valence-electron chi connectivity index (χ1n) is 2.27. The summed E-state index contributed by atoms with van der Waals surface area (Å²) in [4.78, 5) is 0. The highest BCUT2D eigenvalue weighted by atomic mass is 32.2. The Balaban J connectivity index is 2.56. The highest BCUT2D eigenvalue weighted by molar-refractivity contribution is 8.23. The van der Waals surface area contributed by atoms with Crippen molar-refractivity contribution in [3.63, 3.8) is 0 Å². The topological polar surface area (TPSA) is 32.3 Å². The van der Waals surface area contributed by atoms with E-state index in [1.54, 1.807) is 6.92 Å². The molecule has 1 saturated heterocycles. The summed E-state index contributed by atoms with van der Waals surface area (Å²) < 4.78 is 0.690. The number of hydrogen-bond acceptors (Lipinski definition) is 3. The number of rotatable bonds is 0. The highest BCUT2D eigenvalue weighted by Crippen LogP contribution is 2.19. The van der Waals surface area contributed by atoms with Gasteiger partial charge in [0.1, 0.15) is 10.0 Å². The third-order valence-electron chi connectivity index (χ3n) is 0.856. The van der Waals surface area contributed by atoms with Gasteiger partial charge < -0.3 is 10.4 Å². The lowest BCUT2D eigenvalue weighted by Gasteiger charge is -2.13. The zero-order valence-corrected chi connectivity index (χ0v) is 6.10. The lowest BCUT2D eigenvalue weighted by molar-refractivity contribution is 0.0753. The van der Waals surface area contributed by atoms with Crippen LogP contribution in [0.2, 0.25) is 0 Å². The molecule has 0 aromatic heterocycles. The molecule has 4 heteroatoms. The highest BCUT2D eigenvalue weighted by Gasteiger charge is 2.28. The molecule has 0 bridgehead atoms. The fourth-order valence-electron chi connectivity index (χ4n) is 0.498. The molecule has 0 amide bonds. The molecule has 1 aliphatic heterocycles. The van der Waals surface area contributed by atoms with Gasteiger partial charge in [-0.1, -0.05) is 24.0 Å². The van der Waals surface area contributed by atoms with E-state index in [4.69, 9.17) is 17.3 Å². The van der Waals surface area contributed by atoms with Crippen LogP contribution < -0.4 is 5.32 Å². The first-order chi connectivity index (χ1) is 3.60. The molecule has 1 fully saturated rings. The van der Waals surface area contributed by atoms with E-state index in [1.807, 2.05) is 0 Å². The van der Waals surface area contributed by atoms with Crippen molar-refractivity contribution in [2.24, 2.45) is 0 Å². The van der Waals surface area contributed by atoms with Crippen molar-refractivity contribution in [1.29, 1.82) is 0 Å². The van der Waals surface area contributed by atoms with Crippen LogP contribution in [0.1, 0.15) is 6.92 Å². The van der Waals surface area contributed by atoms with Gasteiger partial charge in [0, 0.05) is 5.75 Å². The zero-order chi connectivity index (χ0) is 6.20. The van der Waals surface area contributed by atoms with E-state index >= 15 is 0 Å². The fraction of sp³-hybridized carbons (Fsp3) is 0.750. The van der Waals surface area contributed by atoms with Gasteiger partial charge in [-0.05, 0) is 6.92 Å². The van der Waals surface area contributed by atoms with Gasteiger partial charge in [-0.3, -0.25) is 0 Å². The van der Waals surface area contributed by atoms with Gasteiger partial charge in [0.25, 0.3) is 0 Å². The summed E-state index contributed by atoms with van der Waals surface area (Å²) in [6.07, 6.45) is 0. The zero-order valence-electron chi connectivity index (χ0n) is 4.47. The van der Waals surface area contributed by atoms with Crippen molar-refractivity contribution in [3.8, 4) is 0 Å². The van der Waals surface area contributed by atoms with Crippen LogP contribution in [0.3, 0.4) is 0 Å². The van der Waals surface area contributed by atoms with E-state index in [0.717, 1.165) is 0 Å². The van der Waals surface area contributed by atoms with Gasteiger partial charge in [0.05, 0.1) is 0 Å². The minimum absolute atomic E-state index is 0.659. The standard InChI is InChI=1S/C4H7NOS2/c1-4(6)2-8-3(7)5-4/h6H,2H2,1H3,(H,5,7). The molecule has 0 radical (unpaired) electrons. The van der Waals surface area contributed by atoms with Gasteiger partial charge in [0.2, 0.25) is 0 Å². The molecule has 1 heterocycles. The second kappa shape index (κ2) is 1.86. The Morgan fingerprint density at radius 1 is 2.00 bits per heavy atom. The maximum absolute atomic E-state index is 9.15. The Bertz CT molecular complexity index is 123. The minimum Gasteiger partial charge on any atom is -0.370 e. The van der Waals surface area contributed by atoms with Crippen LogP contribution in [0, 0.1) is 0 Å². The molecule has 2 N–H and O–H groups in total. The summed E-state index contributed by atoms with van der Waals surface area (Å²) in [7, 11) is 0. The van der Waals surface area contributed by atoms with Crippen LogP contribution in [0.4, 0.5) is 0 Å². The molecule has 0 aromatic rings. The van der Waals surface area contributed by atoms with Crippen molar-refractivity contribution in [1.82, 2.24) is 5.32 Å². The maximum atomic E-state index is 9.15. The lowest BCUT2D eigenvalue weighted by atomic mass is 10.3. The number of aliphatic hydroxyl groups is 1. The van der Waals surface area contributed by atoms with Crippen LogP contribution in [0.15, 0.2) is 0 Å². The molecule has 46 valence electrons. The Kier molecular flexibility index (Phi) is 1.47. The summed E-state index contributed by atoms with van der Waals surface area (Å²) in [5.74, 6) is 0.659. The molecular weight excluding hydrogens is 142 g/mol. The van der Waals surface area contributed by atoms with Crippen molar-refractivity contribution < 1.29 is 5.11 Å². The van der Waals surface area contributed by atoms with Crippen LogP contribution in [0.25, 0.3) is 0 Å². The second-order valence-electron chi connectivity index (χ2n) is 1.97. The van der Waals surface area contributed by atoms with Gasteiger partial charge in [0.15, 0.2) is 0 Å². The molecular formula is C4H7NOS2. The van der Waals surface area contributed by atoms with Crippen LogP contribution >= 0.6 is 24.0 Å². The molecule has 1 rings (SSSR count). The molecule has 0 spiro atoms. The molecule has 0 saturated carbocycles. The van der Waals surface area contributed by atoms with Gasteiger partial charge in [-0.25, -0.2) is 0 Å². The Hall–Kier alpha value is 0.200. The predicted octanol–water partition coefficient (Wildman–Crippen LogP) is 0.316. The SMILES string of the molecule is CC1(O)CSC(=S)N1. The molecule has 2 nitrogen and oxygen atoms in total. The predicted molar refractivity (Wildman–Crippen MR) is 38.8 cm³/mol. The second-order valence-corrected chi connectivity index (χ2v) is 3.63. The summed E-state index contributed by atoms with van der Waals surface area (Å²) in [6.45, 7) is 1.71. The van der Waals surface area contributed by atoms with Gasteiger partial charge in [-0.2, -0.15) is 0 Å². The summed E-state index contributed by atoms with van der Waals surface area (Å²) in [5, 5.41) is 11.9. The molecule has 1 atom stereocenters. The third kappa shape index (κ3) is 1.34. The number of nitrogens with one attached hydrogen (secondary N) is 1. The molecule has 0 aromatic carbocycles. The normalized spacial score (nSPS) is 37.5. The molecule has 1 aliphatic rings. The van der Waals surface area contributed by atoms with E-state index in [2.05, 4.69) is 5.32 Å². The largest absolute Gasteiger partial charge is 0.370 e. The van der Waals surface area contributed by atoms with E-state index in [1.165, 1.54) is 11.8 Å². The van der Waals surface area contributed by atoms with Crippen molar-refractivity contribution in [2.75, 3.05) is 5.75 Å². The number of hydrogen-bond donors (Lipinski definition) is 2.